The first-order valence-corrected chi connectivity index (χ1v) is 4.31. The van der Waals surface area contributed by atoms with E-state index in [0.717, 1.165) is 0 Å². The summed E-state index contributed by atoms with van der Waals surface area (Å²) in [5.41, 5.74) is 5.09. The van der Waals surface area contributed by atoms with Gasteiger partial charge in [0.05, 0.1) is 0 Å². The molecule has 0 aliphatic carbocycles. The lowest BCUT2D eigenvalue weighted by Crippen LogP contribution is -2.45. The SMILES string of the molecule is CCC(N)O[Si](O)(O)O. The predicted octanol–water partition coefficient (Wildman–Crippen LogP) is -1.89. The maximum atomic E-state index is 8.27. The van der Waals surface area contributed by atoms with Crippen LogP contribution in [0.2, 0.25) is 0 Å². The highest BCUT2D eigenvalue weighted by atomic mass is 28.4. The lowest BCUT2D eigenvalue weighted by molar-refractivity contribution is 0.0241. The molecule has 1 unspecified atom stereocenters. The summed E-state index contributed by atoms with van der Waals surface area (Å²) in [7, 11) is -4.37. The van der Waals surface area contributed by atoms with Crippen molar-refractivity contribution >= 4 is 9.05 Å². The molecule has 6 heteroatoms. The Labute approximate surface area is 54.2 Å². The van der Waals surface area contributed by atoms with Crippen LogP contribution in [-0.2, 0) is 4.43 Å². The average molecular weight is 153 g/mol. The summed E-state index contributed by atoms with van der Waals surface area (Å²) in [6.07, 6.45) is -0.368. The van der Waals surface area contributed by atoms with Crippen LogP contribution in [0.1, 0.15) is 13.3 Å². The molecule has 5 nitrogen and oxygen atoms in total. The maximum Gasteiger partial charge on any atom is 0.672 e. The van der Waals surface area contributed by atoms with Gasteiger partial charge < -0.3 is 24.5 Å². The smallest absolute Gasteiger partial charge is 0.368 e. The highest BCUT2D eigenvalue weighted by molar-refractivity contribution is 6.48. The fourth-order valence-electron chi connectivity index (χ4n) is 0.286. The van der Waals surface area contributed by atoms with Gasteiger partial charge in [0.2, 0.25) is 0 Å². The van der Waals surface area contributed by atoms with Crippen molar-refractivity contribution in [2.45, 2.75) is 19.6 Å². The van der Waals surface area contributed by atoms with Gasteiger partial charge in [-0.25, -0.2) is 0 Å². The normalized spacial score (nSPS) is 15.7. The fourth-order valence-corrected chi connectivity index (χ4v) is 0.859. The first-order valence-electron chi connectivity index (χ1n) is 2.56. The number of rotatable bonds is 3. The Kier molecular flexibility index (Phi) is 3.26. The molecule has 56 valence electrons. The number of nitrogens with two attached hydrogens (primary N) is 1. The van der Waals surface area contributed by atoms with E-state index in [0.29, 0.717) is 6.42 Å². The van der Waals surface area contributed by atoms with Gasteiger partial charge in [-0.15, -0.1) is 0 Å². The Morgan fingerprint density at radius 2 is 2.00 bits per heavy atom. The minimum atomic E-state index is -4.37. The Morgan fingerprint density at radius 1 is 1.56 bits per heavy atom. The van der Waals surface area contributed by atoms with Gasteiger partial charge in [0.25, 0.3) is 0 Å². The average Bonchev–Trinajstić information content (AvgIpc) is 1.62. The molecule has 0 saturated carbocycles. The monoisotopic (exact) mass is 153 g/mol. The summed E-state index contributed by atoms with van der Waals surface area (Å²) < 4.78 is 4.17. The molecule has 0 aromatic carbocycles. The van der Waals surface area contributed by atoms with Crippen molar-refractivity contribution in [1.82, 2.24) is 0 Å². The minimum absolute atomic E-state index is 0.427. The molecule has 0 radical (unpaired) electrons. The molecule has 0 aromatic rings. The molecule has 0 aliphatic rings. The predicted molar refractivity (Wildman–Crippen MR) is 31.8 cm³/mol. The zero-order chi connectivity index (χ0) is 7.49. The minimum Gasteiger partial charge on any atom is -0.368 e. The number of hydrogen-bond donors (Lipinski definition) is 4. The van der Waals surface area contributed by atoms with Crippen molar-refractivity contribution in [2.75, 3.05) is 0 Å². The Bertz CT molecular complexity index is 82.4. The van der Waals surface area contributed by atoms with E-state index in [-0.39, 0.29) is 0 Å². The van der Waals surface area contributed by atoms with Crippen LogP contribution in [0.15, 0.2) is 0 Å². The molecule has 0 fully saturated rings. The first kappa shape index (κ1) is 9.02. The van der Waals surface area contributed by atoms with E-state index in [4.69, 9.17) is 20.1 Å². The van der Waals surface area contributed by atoms with E-state index in [1.807, 2.05) is 0 Å². The maximum absolute atomic E-state index is 8.27. The van der Waals surface area contributed by atoms with Crippen LogP contribution in [0.5, 0.6) is 0 Å². The van der Waals surface area contributed by atoms with Gasteiger partial charge in [0.15, 0.2) is 0 Å². The van der Waals surface area contributed by atoms with Crippen LogP contribution in [0.25, 0.3) is 0 Å². The van der Waals surface area contributed by atoms with Crippen LogP contribution in [-0.4, -0.2) is 29.7 Å². The summed E-state index contributed by atoms with van der Waals surface area (Å²) >= 11 is 0. The first-order chi connectivity index (χ1) is 3.95. The molecular formula is C3H11NO4Si. The van der Waals surface area contributed by atoms with Gasteiger partial charge in [-0.05, 0) is 6.42 Å². The molecular weight excluding hydrogens is 142 g/mol. The number of hydrogen-bond acceptors (Lipinski definition) is 5. The second-order valence-electron chi connectivity index (χ2n) is 1.64. The fraction of sp³-hybridized carbons (Fsp3) is 1.00. The molecule has 1 atom stereocenters. The van der Waals surface area contributed by atoms with Crippen LogP contribution in [0, 0.1) is 0 Å². The molecule has 0 saturated heterocycles. The lowest BCUT2D eigenvalue weighted by atomic mass is 10.5. The van der Waals surface area contributed by atoms with E-state index < -0.39 is 15.3 Å². The summed E-state index contributed by atoms with van der Waals surface area (Å²) in [5.74, 6) is 0. The van der Waals surface area contributed by atoms with Gasteiger partial charge in [-0.1, -0.05) is 6.92 Å². The highest BCUT2D eigenvalue weighted by Gasteiger charge is 2.32. The van der Waals surface area contributed by atoms with Gasteiger partial charge in [-0.3, -0.25) is 0 Å². The molecule has 0 amide bonds. The van der Waals surface area contributed by atoms with Crippen molar-refractivity contribution in [3.8, 4) is 0 Å². The van der Waals surface area contributed by atoms with E-state index >= 15 is 0 Å². The summed E-state index contributed by atoms with van der Waals surface area (Å²) in [4.78, 5) is 24.8. The molecule has 0 aliphatic heterocycles. The van der Waals surface area contributed by atoms with Crippen molar-refractivity contribution in [3.63, 3.8) is 0 Å². The van der Waals surface area contributed by atoms with Crippen LogP contribution >= 0.6 is 0 Å². The highest BCUT2D eigenvalue weighted by Crippen LogP contribution is 1.95. The molecule has 0 aromatic heterocycles. The zero-order valence-corrected chi connectivity index (χ0v) is 6.11. The molecule has 5 N–H and O–H groups in total. The zero-order valence-electron chi connectivity index (χ0n) is 5.11. The molecule has 9 heavy (non-hydrogen) atoms. The third kappa shape index (κ3) is 5.89. The van der Waals surface area contributed by atoms with E-state index in [2.05, 4.69) is 4.43 Å². The van der Waals surface area contributed by atoms with Crippen LogP contribution < -0.4 is 5.73 Å². The van der Waals surface area contributed by atoms with E-state index in [1.165, 1.54) is 0 Å². The van der Waals surface area contributed by atoms with Crippen LogP contribution in [0.4, 0.5) is 0 Å². The molecule has 0 spiro atoms. The Balaban J connectivity index is 3.47. The molecule has 0 bridgehead atoms. The summed E-state index contributed by atoms with van der Waals surface area (Å²) in [5, 5.41) is 0. The molecule has 0 rings (SSSR count). The van der Waals surface area contributed by atoms with Gasteiger partial charge in [-0.2, -0.15) is 0 Å². The van der Waals surface area contributed by atoms with Crippen molar-refractivity contribution in [1.29, 1.82) is 0 Å². The van der Waals surface area contributed by atoms with E-state index in [9.17, 15) is 0 Å². The van der Waals surface area contributed by atoms with Crippen molar-refractivity contribution < 1.29 is 18.8 Å². The Morgan fingerprint density at radius 3 is 2.11 bits per heavy atom. The van der Waals surface area contributed by atoms with Gasteiger partial charge in [0, 0.05) is 0 Å². The standard InChI is InChI=1S/C3H11NO4Si/c1-2-3(4)8-9(5,6)7/h3,5-7H,2,4H2,1H3. The van der Waals surface area contributed by atoms with Crippen molar-refractivity contribution in [2.24, 2.45) is 5.73 Å². The van der Waals surface area contributed by atoms with Gasteiger partial charge >= 0.3 is 9.05 Å². The quantitative estimate of drug-likeness (QED) is 0.281. The third-order valence-corrected chi connectivity index (χ3v) is 1.33. The molecule has 0 heterocycles. The summed E-state index contributed by atoms with van der Waals surface area (Å²) in [6, 6.07) is 0. The lowest BCUT2D eigenvalue weighted by Gasteiger charge is -2.14. The third-order valence-electron chi connectivity index (χ3n) is 0.712. The largest absolute Gasteiger partial charge is 0.672 e. The van der Waals surface area contributed by atoms with E-state index in [1.54, 1.807) is 6.92 Å². The Hall–Kier alpha value is 0.0169. The van der Waals surface area contributed by atoms with Crippen molar-refractivity contribution in [3.05, 3.63) is 0 Å². The second-order valence-corrected chi connectivity index (χ2v) is 3.02. The van der Waals surface area contributed by atoms with Gasteiger partial charge in [0.1, 0.15) is 6.23 Å². The second kappa shape index (κ2) is 3.25. The summed E-state index contributed by atoms with van der Waals surface area (Å²) in [6.45, 7) is 1.70. The van der Waals surface area contributed by atoms with Crippen LogP contribution in [0.3, 0.4) is 0 Å². The topological polar surface area (TPSA) is 95.9 Å².